The maximum atomic E-state index is 14.3. The van der Waals surface area contributed by atoms with Crippen LogP contribution < -0.4 is 9.47 Å². The molecule has 0 bridgehead atoms. The van der Waals surface area contributed by atoms with E-state index in [0.717, 1.165) is 12.1 Å². The van der Waals surface area contributed by atoms with Crippen molar-refractivity contribution in [3.05, 3.63) is 71.8 Å². The molecule has 0 amide bonds. The molecule has 0 atom stereocenters. The first-order chi connectivity index (χ1) is 11.9. The summed E-state index contributed by atoms with van der Waals surface area (Å²) < 4.78 is 65.6. The van der Waals surface area contributed by atoms with Crippen molar-refractivity contribution >= 4 is 10.8 Å². The Morgan fingerprint density at radius 1 is 0.840 bits per heavy atom. The number of halogens is 4. The number of fused-ring (bicyclic) bond motifs is 1. The van der Waals surface area contributed by atoms with E-state index in [4.69, 9.17) is 9.47 Å². The number of hydrogen-bond acceptors (Lipinski definition) is 2. The highest BCUT2D eigenvalue weighted by atomic mass is 19.3. The van der Waals surface area contributed by atoms with Crippen LogP contribution in [-0.4, -0.2) is 6.61 Å². The van der Waals surface area contributed by atoms with Crippen LogP contribution in [0.2, 0.25) is 0 Å². The quantitative estimate of drug-likeness (QED) is 0.554. The van der Waals surface area contributed by atoms with Crippen LogP contribution in [0.4, 0.5) is 17.6 Å². The summed E-state index contributed by atoms with van der Waals surface area (Å²) in [5.41, 5.74) is -0.893. The Morgan fingerprint density at radius 2 is 1.52 bits per heavy atom. The van der Waals surface area contributed by atoms with Gasteiger partial charge in [-0.3, -0.25) is 0 Å². The summed E-state index contributed by atoms with van der Waals surface area (Å²) >= 11 is 0. The Bertz CT molecular complexity index is 909. The van der Waals surface area contributed by atoms with Gasteiger partial charge in [-0.25, -0.2) is 8.78 Å². The second-order valence-electron chi connectivity index (χ2n) is 5.35. The Balaban J connectivity index is 1.89. The predicted molar refractivity (Wildman–Crippen MR) is 86.0 cm³/mol. The smallest absolute Gasteiger partial charge is 0.429 e. The molecule has 0 aliphatic rings. The molecule has 25 heavy (non-hydrogen) atoms. The fourth-order valence-corrected chi connectivity index (χ4v) is 2.45. The molecule has 0 unspecified atom stereocenters. The molecular formula is C19H14F4O2. The molecule has 3 rings (SSSR count). The van der Waals surface area contributed by atoms with Crippen LogP contribution in [-0.2, 0) is 6.11 Å². The van der Waals surface area contributed by atoms with E-state index in [0.29, 0.717) is 17.4 Å². The first kappa shape index (κ1) is 17.1. The number of ether oxygens (including phenoxy) is 2. The van der Waals surface area contributed by atoms with Gasteiger partial charge in [0.25, 0.3) is 0 Å². The summed E-state index contributed by atoms with van der Waals surface area (Å²) in [6.07, 6.45) is -3.87. The summed E-state index contributed by atoms with van der Waals surface area (Å²) in [6.45, 7) is 2.00. The molecule has 0 N–H and O–H groups in total. The van der Waals surface area contributed by atoms with Crippen LogP contribution in [0.3, 0.4) is 0 Å². The van der Waals surface area contributed by atoms with Gasteiger partial charge in [0.05, 0.1) is 6.61 Å². The van der Waals surface area contributed by atoms with E-state index in [-0.39, 0.29) is 11.5 Å². The Labute approximate surface area is 141 Å². The standard InChI is InChI=1S/C19H14F4O2/c1-2-24-15-7-8-17(18(21)11-15)19(22,23)25-16-6-4-12-9-14(20)5-3-13(12)10-16/h3-11H,2H2,1H3. The normalized spacial score (nSPS) is 11.6. The van der Waals surface area contributed by atoms with Crippen LogP contribution >= 0.6 is 0 Å². The molecule has 2 nitrogen and oxygen atoms in total. The third-order valence-electron chi connectivity index (χ3n) is 3.58. The zero-order chi connectivity index (χ0) is 18.0. The third kappa shape index (κ3) is 3.68. The Hall–Kier alpha value is -2.76. The highest BCUT2D eigenvalue weighted by Gasteiger charge is 2.37. The number of hydrogen-bond donors (Lipinski definition) is 0. The van der Waals surface area contributed by atoms with Gasteiger partial charge in [0, 0.05) is 6.07 Å². The van der Waals surface area contributed by atoms with E-state index in [1.807, 2.05) is 0 Å². The molecular weight excluding hydrogens is 336 g/mol. The lowest BCUT2D eigenvalue weighted by molar-refractivity contribution is -0.187. The predicted octanol–water partition coefficient (Wildman–Crippen LogP) is 5.65. The maximum Gasteiger partial charge on any atom is 0.429 e. The lowest BCUT2D eigenvalue weighted by Gasteiger charge is -2.19. The average Bonchev–Trinajstić information content (AvgIpc) is 2.55. The molecule has 0 saturated heterocycles. The van der Waals surface area contributed by atoms with Gasteiger partial charge in [-0.2, -0.15) is 8.78 Å². The average molecular weight is 350 g/mol. The highest BCUT2D eigenvalue weighted by molar-refractivity contribution is 5.83. The van der Waals surface area contributed by atoms with Crippen molar-refractivity contribution in [3.63, 3.8) is 0 Å². The number of rotatable bonds is 5. The van der Waals surface area contributed by atoms with E-state index in [1.165, 1.54) is 42.5 Å². The molecule has 0 saturated carbocycles. The zero-order valence-corrected chi connectivity index (χ0v) is 13.2. The molecule has 0 fully saturated rings. The van der Waals surface area contributed by atoms with Crippen molar-refractivity contribution in [1.29, 1.82) is 0 Å². The van der Waals surface area contributed by atoms with E-state index in [2.05, 4.69) is 0 Å². The van der Waals surface area contributed by atoms with Crippen molar-refractivity contribution in [2.45, 2.75) is 13.0 Å². The van der Waals surface area contributed by atoms with Crippen molar-refractivity contribution in [1.82, 2.24) is 0 Å². The summed E-state index contributed by atoms with van der Waals surface area (Å²) in [5.74, 6) is -1.55. The first-order valence-electron chi connectivity index (χ1n) is 7.58. The van der Waals surface area contributed by atoms with E-state index >= 15 is 0 Å². The lowest BCUT2D eigenvalue weighted by atomic mass is 10.1. The largest absolute Gasteiger partial charge is 0.494 e. The van der Waals surface area contributed by atoms with E-state index < -0.39 is 23.3 Å². The van der Waals surface area contributed by atoms with Crippen LogP contribution in [0.5, 0.6) is 11.5 Å². The van der Waals surface area contributed by atoms with E-state index in [1.54, 1.807) is 6.92 Å². The van der Waals surface area contributed by atoms with Gasteiger partial charge in [-0.15, -0.1) is 0 Å². The summed E-state index contributed by atoms with van der Waals surface area (Å²) in [5, 5.41) is 1.07. The fraction of sp³-hybridized carbons (Fsp3) is 0.158. The summed E-state index contributed by atoms with van der Waals surface area (Å²) in [7, 11) is 0. The zero-order valence-electron chi connectivity index (χ0n) is 13.2. The van der Waals surface area contributed by atoms with Crippen LogP contribution in [0.25, 0.3) is 10.8 Å². The van der Waals surface area contributed by atoms with Gasteiger partial charge < -0.3 is 9.47 Å². The molecule has 6 heteroatoms. The molecule has 0 radical (unpaired) electrons. The van der Waals surface area contributed by atoms with Gasteiger partial charge in [0.15, 0.2) is 0 Å². The van der Waals surface area contributed by atoms with Crippen molar-refractivity contribution < 1.29 is 27.0 Å². The van der Waals surface area contributed by atoms with Crippen molar-refractivity contribution in [3.8, 4) is 11.5 Å². The second kappa shape index (κ2) is 6.63. The van der Waals surface area contributed by atoms with Crippen LogP contribution in [0.15, 0.2) is 54.6 Å². The summed E-state index contributed by atoms with van der Waals surface area (Å²) in [6, 6.07) is 11.1. The highest BCUT2D eigenvalue weighted by Crippen LogP contribution is 2.35. The number of benzene rings is 3. The minimum Gasteiger partial charge on any atom is -0.494 e. The van der Waals surface area contributed by atoms with Gasteiger partial charge in [-0.05, 0) is 54.1 Å². The van der Waals surface area contributed by atoms with E-state index in [9.17, 15) is 17.6 Å². The molecule has 0 spiro atoms. The molecule has 0 heterocycles. The van der Waals surface area contributed by atoms with Gasteiger partial charge in [0.2, 0.25) is 0 Å². The Kier molecular flexibility index (Phi) is 4.53. The van der Waals surface area contributed by atoms with Gasteiger partial charge in [-0.1, -0.05) is 12.1 Å². The first-order valence-corrected chi connectivity index (χ1v) is 7.58. The molecule has 3 aromatic carbocycles. The molecule has 130 valence electrons. The Morgan fingerprint density at radius 3 is 2.24 bits per heavy atom. The number of alkyl halides is 2. The van der Waals surface area contributed by atoms with Crippen molar-refractivity contribution in [2.75, 3.05) is 6.61 Å². The van der Waals surface area contributed by atoms with Gasteiger partial charge in [0.1, 0.15) is 28.7 Å². The molecule has 3 aromatic rings. The minimum absolute atomic E-state index is 0.155. The topological polar surface area (TPSA) is 18.5 Å². The maximum absolute atomic E-state index is 14.3. The lowest BCUT2D eigenvalue weighted by Crippen LogP contribution is -2.23. The monoisotopic (exact) mass is 350 g/mol. The van der Waals surface area contributed by atoms with Gasteiger partial charge >= 0.3 is 6.11 Å². The molecule has 0 aliphatic carbocycles. The van der Waals surface area contributed by atoms with Crippen LogP contribution in [0, 0.1) is 11.6 Å². The molecule has 0 aromatic heterocycles. The summed E-state index contributed by atoms with van der Waals surface area (Å²) in [4.78, 5) is 0. The molecule has 0 aliphatic heterocycles. The fourth-order valence-electron chi connectivity index (χ4n) is 2.45. The van der Waals surface area contributed by atoms with Crippen LogP contribution in [0.1, 0.15) is 12.5 Å². The SMILES string of the molecule is CCOc1ccc(C(F)(F)Oc2ccc3cc(F)ccc3c2)c(F)c1. The second-order valence-corrected chi connectivity index (χ2v) is 5.35. The third-order valence-corrected chi connectivity index (χ3v) is 3.58. The minimum atomic E-state index is -3.87. The van der Waals surface area contributed by atoms with Crippen molar-refractivity contribution in [2.24, 2.45) is 0 Å².